The zero-order chi connectivity index (χ0) is 8.36. The fourth-order valence-electron chi connectivity index (χ4n) is 0.908. The summed E-state index contributed by atoms with van der Waals surface area (Å²) >= 11 is 0. The topological polar surface area (TPSA) is 9.23 Å². The Morgan fingerprint density at radius 3 is 1.60 bits per heavy atom. The molecule has 0 saturated heterocycles. The van der Waals surface area contributed by atoms with Crippen LogP contribution in [0.4, 0.5) is 0 Å². The van der Waals surface area contributed by atoms with E-state index in [1.165, 1.54) is 0 Å². The Labute approximate surface area is 64.8 Å². The lowest BCUT2D eigenvalue weighted by Crippen LogP contribution is -2.28. The fourth-order valence-corrected chi connectivity index (χ4v) is 0.908. The highest BCUT2D eigenvalue weighted by Gasteiger charge is 2.24. The summed E-state index contributed by atoms with van der Waals surface area (Å²) in [5, 5.41) is 0. The van der Waals surface area contributed by atoms with E-state index < -0.39 is 0 Å². The Bertz CT molecular complexity index is 91.4. The van der Waals surface area contributed by atoms with E-state index in [1.807, 2.05) is 0 Å². The highest BCUT2D eigenvalue weighted by molar-refractivity contribution is 4.74. The molecule has 0 saturated carbocycles. The summed E-state index contributed by atoms with van der Waals surface area (Å²) in [4.78, 5) is 0. The molecule has 0 amide bonds. The normalized spacial score (nSPS) is 18.6. The minimum absolute atomic E-state index is 0.357. The van der Waals surface area contributed by atoms with Crippen LogP contribution < -0.4 is 0 Å². The van der Waals surface area contributed by atoms with Crippen LogP contribution in [0.5, 0.6) is 0 Å². The van der Waals surface area contributed by atoms with Gasteiger partial charge in [0.1, 0.15) is 0 Å². The Morgan fingerprint density at radius 2 is 1.50 bits per heavy atom. The third kappa shape index (κ3) is 2.70. The summed E-state index contributed by atoms with van der Waals surface area (Å²) < 4.78 is 5.24. The molecule has 0 aromatic carbocycles. The highest BCUT2D eigenvalue weighted by Crippen LogP contribution is 2.28. The number of ether oxygens (including phenoxy) is 1. The van der Waals surface area contributed by atoms with Crippen molar-refractivity contribution in [3.8, 4) is 0 Å². The van der Waals surface area contributed by atoms with E-state index in [-0.39, 0.29) is 0 Å². The molecule has 0 aliphatic rings. The van der Waals surface area contributed by atoms with E-state index in [1.54, 1.807) is 7.11 Å². The average molecular weight is 144 g/mol. The van der Waals surface area contributed by atoms with Crippen molar-refractivity contribution in [1.82, 2.24) is 0 Å². The number of hydrogen-bond acceptors (Lipinski definition) is 1. The van der Waals surface area contributed by atoms with Gasteiger partial charge in [-0.3, -0.25) is 0 Å². The van der Waals surface area contributed by atoms with Gasteiger partial charge in [0.15, 0.2) is 0 Å². The summed E-state index contributed by atoms with van der Waals surface area (Å²) in [6.07, 6.45) is 0.361. The summed E-state index contributed by atoms with van der Waals surface area (Å²) in [5.41, 5.74) is 0.357. The molecule has 2 unspecified atom stereocenters. The molecule has 62 valence electrons. The molecule has 2 atom stereocenters. The summed E-state index contributed by atoms with van der Waals surface area (Å²) in [6.45, 7) is 11.1. The largest absolute Gasteiger partial charge is 0.381 e. The molecule has 0 fully saturated rings. The standard InChI is InChI=1S/C9H20O/c1-7(8(2)10-6)9(3,4)5/h7-8H,1-6H3. The number of methoxy groups -OCH3 is 1. The van der Waals surface area contributed by atoms with Crippen LogP contribution in [-0.4, -0.2) is 13.2 Å². The second-order valence-electron chi connectivity index (χ2n) is 4.10. The minimum atomic E-state index is 0.357. The first-order valence-electron chi connectivity index (χ1n) is 3.92. The summed E-state index contributed by atoms with van der Waals surface area (Å²) in [6, 6.07) is 0. The number of hydrogen-bond donors (Lipinski definition) is 0. The van der Waals surface area contributed by atoms with Gasteiger partial charge in [0.05, 0.1) is 6.10 Å². The third-order valence-electron chi connectivity index (χ3n) is 2.44. The zero-order valence-electron chi connectivity index (χ0n) is 8.06. The Morgan fingerprint density at radius 1 is 1.10 bits per heavy atom. The van der Waals surface area contributed by atoms with E-state index >= 15 is 0 Å². The van der Waals surface area contributed by atoms with Gasteiger partial charge >= 0.3 is 0 Å². The molecule has 0 heterocycles. The summed E-state index contributed by atoms with van der Waals surface area (Å²) in [5.74, 6) is 0.609. The molecular formula is C9H20O. The molecule has 0 N–H and O–H groups in total. The first kappa shape index (κ1) is 9.96. The van der Waals surface area contributed by atoms with Crippen LogP contribution in [0.1, 0.15) is 34.6 Å². The van der Waals surface area contributed by atoms with Crippen LogP contribution in [0.3, 0.4) is 0 Å². The van der Waals surface area contributed by atoms with E-state index in [9.17, 15) is 0 Å². The minimum Gasteiger partial charge on any atom is -0.381 e. The molecule has 0 aromatic rings. The molecule has 0 aliphatic carbocycles. The predicted molar refractivity (Wildman–Crippen MR) is 45.1 cm³/mol. The van der Waals surface area contributed by atoms with Gasteiger partial charge in [0.25, 0.3) is 0 Å². The van der Waals surface area contributed by atoms with Crippen molar-refractivity contribution in [2.75, 3.05) is 7.11 Å². The van der Waals surface area contributed by atoms with Gasteiger partial charge in [0.2, 0.25) is 0 Å². The van der Waals surface area contributed by atoms with Crippen molar-refractivity contribution in [2.24, 2.45) is 11.3 Å². The van der Waals surface area contributed by atoms with Gasteiger partial charge < -0.3 is 4.74 Å². The molecule has 0 radical (unpaired) electrons. The van der Waals surface area contributed by atoms with Crippen LogP contribution >= 0.6 is 0 Å². The lowest BCUT2D eigenvalue weighted by molar-refractivity contribution is 0.0271. The second-order valence-corrected chi connectivity index (χ2v) is 4.10. The summed E-state index contributed by atoms with van der Waals surface area (Å²) in [7, 11) is 1.77. The quantitative estimate of drug-likeness (QED) is 0.579. The average Bonchev–Trinajstić information content (AvgIpc) is 1.83. The van der Waals surface area contributed by atoms with Crippen LogP contribution in [0.15, 0.2) is 0 Å². The molecule has 10 heavy (non-hydrogen) atoms. The Balaban J connectivity index is 3.94. The molecule has 1 nitrogen and oxygen atoms in total. The SMILES string of the molecule is COC(C)C(C)C(C)(C)C. The van der Waals surface area contributed by atoms with Gasteiger partial charge in [-0.25, -0.2) is 0 Å². The van der Waals surface area contributed by atoms with E-state index in [0.29, 0.717) is 17.4 Å². The Kier molecular flexibility index (Phi) is 3.37. The maximum absolute atomic E-state index is 5.24. The van der Waals surface area contributed by atoms with Gasteiger partial charge in [-0.15, -0.1) is 0 Å². The molecule has 1 heteroatoms. The van der Waals surface area contributed by atoms with Crippen molar-refractivity contribution < 1.29 is 4.74 Å². The van der Waals surface area contributed by atoms with Crippen molar-refractivity contribution in [3.05, 3.63) is 0 Å². The van der Waals surface area contributed by atoms with Crippen molar-refractivity contribution in [3.63, 3.8) is 0 Å². The van der Waals surface area contributed by atoms with Crippen molar-refractivity contribution in [2.45, 2.75) is 40.7 Å². The smallest absolute Gasteiger partial charge is 0.0573 e. The van der Waals surface area contributed by atoms with Crippen LogP contribution in [-0.2, 0) is 4.74 Å². The number of rotatable bonds is 2. The van der Waals surface area contributed by atoms with E-state index in [0.717, 1.165) is 0 Å². The molecule has 0 aromatic heterocycles. The fraction of sp³-hybridized carbons (Fsp3) is 1.00. The first-order chi connectivity index (χ1) is 4.39. The lowest BCUT2D eigenvalue weighted by atomic mass is 9.79. The lowest BCUT2D eigenvalue weighted by Gasteiger charge is -2.31. The van der Waals surface area contributed by atoms with Crippen molar-refractivity contribution in [1.29, 1.82) is 0 Å². The second kappa shape index (κ2) is 3.38. The van der Waals surface area contributed by atoms with Gasteiger partial charge in [-0.05, 0) is 18.3 Å². The third-order valence-corrected chi connectivity index (χ3v) is 2.44. The zero-order valence-corrected chi connectivity index (χ0v) is 8.06. The van der Waals surface area contributed by atoms with Crippen molar-refractivity contribution >= 4 is 0 Å². The molecular weight excluding hydrogens is 124 g/mol. The molecule has 0 aliphatic heterocycles. The maximum atomic E-state index is 5.24. The van der Waals surface area contributed by atoms with Crippen LogP contribution in [0.2, 0.25) is 0 Å². The first-order valence-corrected chi connectivity index (χ1v) is 3.92. The van der Waals surface area contributed by atoms with Crippen LogP contribution in [0.25, 0.3) is 0 Å². The van der Waals surface area contributed by atoms with Crippen LogP contribution in [0, 0.1) is 11.3 Å². The van der Waals surface area contributed by atoms with E-state index in [4.69, 9.17) is 4.74 Å². The van der Waals surface area contributed by atoms with Gasteiger partial charge in [-0.2, -0.15) is 0 Å². The predicted octanol–water partition coefficient (Wildman–Crippen LogP) is 2.70. The highest BCUT2D eigenvalue weighted by atomic mass is 16.5. The maximum Gasteiger partial charge on any atom is 0.0573 e. The molecule has 0 rings (SSSR count). The monoisotopic (exact) mass is 144 g/mol. The van der Waals surface area contributed by atoms with Gasteiger partial charge in [0, 0.05) is 7.11 Å². The van der Waals surface area contributed by atoms with Gasteiger partial charge in [-0.1, -0.05) is 27.7 Å². The molecule has 0 spiro atoms. The Hall–Kier alpha value is -0.0400. The molecule has 0 bridgehead atoms. The van der Waals surface area contributed by atoms with E-state index in [2.05, 4.69) is 34.6 Å².